The average molecular weight is 381 g/mol. The Morgan fingerprint density at radius 2 is 2.30 bits per heavy atom. The van der Waals surface area contributed by atoms with E-state index in [-0.39, 0.29) is 11.6 Å². The second-order valence-electron chi connectivity index (χ2n) is 7.03. The van der Waals surface area contributed by atoms with Crippen molar-refractivity contribution in [2.24, 2.45) is 4.99 Å². The van der Waals surface area contributed by atoms with Crippen molar-refractivity contribution >= 4 is 5.96 Å². The van der Waals surface area contributed by atoms with Crippen LogP contribution >= 0.6 is 0 Å². The van der Waals surface area contributed by atoms with Gasteiger partial charge >= 0.3 is 0 Å². The average Bonchev–Trinajstić information content (AvgIpc) is 2.65. The van der Waals surface area contributed by atoms with Crippen LogP contribution in [0.4, 0.5) is 4.39 Å². The molecule has 0 bridgehead atoms. The molecule has 0 saturated carbocycles. The van der Waals surface area contributed by atoms with Crippen molar-refractivity contribution in [3.63, 3.8) is 0 Å². The molecule has 0 aliphatic carbocycles. The molecule has 1 N–H and O–H groups in total. The molecule has 1 aromatic carbocycles. The van der Waals surface area contributed by atoms with E-state index < -0.39 is 0 Å². The Bertz CT molecular complexity index is 626. The molecule has 2 unspecified atom stereocenters. The number of halogens is 1. The molecule has 0 radical (unpaired) electrons. The number of hydrogen-bond donors (Lipinski definition) is 1. The Morgan fingerprint density at radius 1 is 1.52 bits per heavy atom. The number of ether oxygens (including phenoxy) is 2. The van der Waals surface area contributed by atoms with Gasteiger partial charge < -0.3 is 19.7 Å². The number of morpholine rings is 1. The summed E-state index contributed by atoms with van der Waals surface area (Å²) >= 11 is 0. The van der Waals surface area contributed by atoms with Gasteiger partial charge in [-0.1, -0.05) is 6.07 Å². The fourth-order valence-electron chi connectivity index (χ4n) is 3.34. The summed E-state index contributed by atoms with van der Waals surface area (Å²) in [6.07, 6.45) is 0. The summed E-state index contributed by atoms with van der Waals surface area (Å²) in [5.74, 6) is 0.734. The minimum atomic E-state index is -0.347. The lowest BCUT2D eigenvalue weighted by atomic mass is 10.2. The van der Waals surface area contributed by atoms with Crippen LogP contribution in [-0.4, -0.2) is 74.8 Å². The van der Waals surface area contributed by atoms with Gasteiger partial charge in [0, 0.05) is 38.8 Å². The van der Waals surface area contributed by atoms with Crippen molar-refractivity contribution in [2.45, 2.75) is 39.4 Å². The number of guanidine groups is 1. The number of benzene rings is 1. The fourth-order valence-corrected chi connectivity index (χ4v) is 3.34. The van der Waals surface area contributed by atoms with E-state index in [1.54, 1.807) is 6.07 Å². The highest BCUT2D eigenvalue weighted by atomic mass is 19.1. The SMILES string of the molecule is CCNC(=NCC(C)N1CCOCC1C)N(C)Cc1ccc(OC)c(F)c1. The number of nitrogens with one attached hydrogen (secondary N) is 1. The highest BCUT2D eigenvalue weighted by molar-refractivity contribution is 5.79. The van der Waals surface area contributed by atoms with Crippen molar-refractivity contribution in [1.82, 2.24) is 15.1 Å². The number of aliphatic imine (C=N–C) groups is 1. The minimum Gasteiger partial charge on any atom is -0.494 e. The van der Waals surface area contributed by atoms with Crippen LogP contribution in [0.5, 0.6) is 5.75 Å². The van der Waals surface area contributed by atoms with Crippen molar-refractivity contribution in [2.75, 3.05) is 47.0 Å². The first-order valence-electron chi connectivity index (χ1n) is 9.61. The maximum atomic E-state index is 13.9. The Labute approximate surface area is 162 Å². The number of rotatable bonds is 7. The molecule has 6 nitrogen and oxygen atoms in total. The first-order chi connectivity index (χ1) is 13.0. The Hall–Kier alpha value is -1.86. The van der Waals surface area contributed by atoms with Gasteiger partial charge in [0.05, 0.1) is 26.9 Å². The molecule has 0 amide bonds. The maximum absolute atomic E-state index is 13.9. The van der Waals surface area contributed by atoms with E-state index in [4.69, 9.17) is 14.5 Å². The molecular formula is C20H33FN4O2. The van der Waals surface area contributed by atoms with Crippen LogP contribution in [-0.2, 0) is 11.3 Å². The van der Waals surface area contributed by atoms with Crippen molar-refractivity contribution in [3.8, 4) is 5.75 Å². The third-order valence-corrected chi connectivity index (χ3v) is 4.82. The van der Waals surface area contributed by atoms with Gasteiger partial charge in [0.2, 0.25) is 0 Å². The largest absolute Gasteiger partial charge is 0.494 e. The summed E-state index contributed by atoms with van der Waals surface area (Å²) in [5.41, 5.74) is 0.872. The predicted molar refractivity (Wildman–Crippen MR) is 107 cm³/mol. The van der Waals surface area contributed by atoms with E-state index in [0.29, 0.717) is 25.2 Å². The molecule has 1 heterocycles. The summed E-state index contributed by atoms with van der Waals surface area (Å²) in [6, 6.07) is 5.79. The Balaban J connectivity index is 2.01. The van der Waals surface area contributed by atoms with E-state index in [9.17, 15) is 4.39 Å². The zero-order valence-electron chi connectivity index (χ0n) is 17.2. The van der Waals surface area contributed by atoms with Gasteiger partial charge in [-0.3, -0.25) is 9.89 Å². The summed E-state index contributed by atoms with van der Waals surface area (Å²) < 4.78 is 24.4. The molecular weight excluding hydrogens is 347 g/mol. The van der Waals surface area contributed by atoms with Crippen molar-refractivity contribution in [1.29, 1.82) is 0 Å². The van der Waals surface area contributed by atoms with Gasteiger partial charge in [0.25, 0.3) is 0 Å². The molecule has 1 aliphatic rings. The van der Waals surface area contributed by atoms with Gasteiger partial charge in [-0.25, -0.2) is 4.39 Å². The van der Waals surface area contributed by atoms with E-state index in [2.05, 4.69) is 24.1 Å². The number of nitrogens with zero attached hydrogens (tertiary/aromatic N) is 3. The number of methoxy groups -OCH3 is 1. The summed E-state index contributed by atoms with van der Waals surface area (Å²) in [4.78, 5) is 9.26. The van der Waals surface area contributed by atoms with Crippen LogP contribution in [0.2, 0.25) is 0 Å². The second-order valence-corrected chi connectivity index (χ2v) is 7.03. The van der Waals surface area contributed by atoms with Crippen LogP contribution in [0.15, 0.2) is 23.2 Å². The molecule has 7 heteroatoms. The molecule has 1 aromatic rings. The highest BCUT2D eigenvalue weighted by Gasteiger charge is 2.23. The summed E-state index contributed by atoms with van der Waals surface area (Å²) in [6.45, 7) is 11.0. The lowest BCUT2D eigenvalue weighted by Gasteiger charge is -2.37. The minimum absolute atomic E-state index is 0.260. The molecule has 1 aliphatic heterocycles. The zero-order valence-corrected chi connectivity index (χ0v) is 17.2. The van der Waals surface area contributed by atoms with Crippen molar-refractivity contribution < 1.29 is 13.9 Å². The van der Waals surface area contributed by atoms with Gasteiger partial charge in [0.1, 0.15) is 0 Å². The standard InChI is InChI=1S/C20H33FN4O2/c1-6-22-20(23-12-15(2)25-9-10-27-14-16(25)3)24(4)13-17-7-8-19(26-5)18(21)11-17/h7-8,11,15-16H,6,9-10,12-14H2,1-5H3,(H,22,23). The topological polar surface area (TPSA) is 49.3 Å². The molecule has 0 spiro atoms. The Morgan fingerprint density at radius 3 is 2.93 bits per heavy atom. The van der Waals surface area contributed by atoms with Gasteiger partial charge in [-0.15, -0.1) is 0 Å². The molecule has 1 fully saturated rings. The smallest absolute Gasteiger partial charge is 0.194 e. The molecule has 27 heavy (non-hydrogen) atoms. The van der Waals surface area contributed by atoms with Crippen molar-refractivity contribution in [3.05, 3.63) is 29.6 Å². The summed E-state index contributed by atoms with van der Waals surface area (Å²) in [7, 11) is 3.43. The van der Waals surface area contributed by atoms with Gasteiger partial charge in [-0.2, -0.15) is 0 Å². The second kappa shape index (κ2) is 10.5. The molecule has 2 atom stereocenters. The van der Waals surface area contributed by atoms with Crippen LogP contribution in [0.3, 0.4) is 0 Å². The van der Waals surface area contributed by atoms with E-state index in [1.807, 2.05) is 24.9 Å². The maximum Gasteiger partial charge on any atom is 0.194 e. The molecule has 152 valence electrons. The van der Waals surface area contributed by atoms with E-state index >= 15 is 0 Å². The van der Waals surface area contributed by atoms with Gasteiger partial charge in [-0.05, 0) is 38.5 Å². The first kappa shape index (κ1) is 21.4. The quantitative estimate of drug-likeness (QED) is 0.581. The third-order valence-electron chi connectivity index (χ3n) is 4.82. The predicted octanol–water partition coefficient (Wildman–Crippen LogP) is 2.34. The Kier molecular flexibility index (Phi) is 8.31. The molecule has 1 saturated heterocycles. The monoisotopic (exact) mass is 380 g/mol. The van der Waals surface area contributed by atoms with Crippen LogP contribution in [0.25, 0.3) is 0 Å². The fraction of sp³-hybridized carbons (Fsp3) is 0.650. The lowest BCUT2D eigenvalue weighted by molar-refractivity contribution is -0.0166. The molecule has 2 rings (SSSR count). The molecule has 0 aromatic heterocycles. The third kappa shape index (κ3) is 6.07. The van der Waals surface area contributed by atoms with Crippen LogP contribution < -0.4 is 10.1 Å². The van der Waals surface area contributed by atoms with Crippen LogP contribution in [0, 0.1) is 5.82 Å². The van der Waals surface area contributed by atoms with E-state index in [0.717, 1.165) is 37.8 Å². The highest BCUT2D eigenvalue weighted by Crippen LogP contribution is 2.18. The summed E-state index contributed by atoms with van der Waals surface area (Å²) in [5, 5.41) is 3.32. The zero-order chi connectivity index (χ0) is 19.8. The van der Waals surface area contributed by atoms with Gasteiger partial charge in [0.15, 0.2) is 17.5 Å². The normalized spacial score (nSPS) is 19.6. The number of hydrogen-bond acceptors (Lipinski definition) is 4. The first-order valence-corrected chi connectivity index (χ1v) is 9.61. The van der Waals surface area contributed by atoms with Crippen LogP contribution in [0.1, 0.15) is 26.3 Å². The van der Waals surface area contributed by atoms with E-state index in [1.165, 1.54) is 13.2 Å². The lowest BCUT2D eigenvalue weighted by Crippen LogP contribution is -2.49.